The van der Waals surface area contributed by atoms with E-state index in [1.54, 1.807) is 14.2 Å². The highest BCUT2D eigenvalue weighted by molar-refractivity contribution is 5.86. The van der Waals surface area contributed by atoms with Crippen LogP contribution in [-0.2, 0) is 16.1 Å². The van der Waals surface area contributed by atoms with Crippen LogP contribution in [0.1, 0.15) is 43.5 Å². The van der Waals surface area contributed by atoms with Crippen LogP contribution in [0.3, 0.4) is 0 Å². The maximum Gasteiger partial charge on any atom is 0.230 e. The molecule has 1 spiro atoms. The van der Waals surface area contributed by atoms with Gasteiger partial charge in [0, 0.05) is 63.6 Å². The first-order valence-corrected chi connectivity index (χ1v) is 11.1. The number of carbonyl (C=O) groups is 1. The molecule has 1 amide bonds. The number of imidazole rings is 1. The molecule has 0 radical (unpaired) electrons. The topological polar surface area (TPSA) is 59.8 Å². The number of nitrogens with zero attached hydrogens (tertiary/aromatic N) is 4. The van der Waals surface area contributed by atoms with Crippen molar-refractivity contribution >= 4 is 5.91 Å². The highest BCUT2D eigenvalue weighted by Crippen LogP contribution is 2.50. The Morgan fingerprint density at radius 2 is 2.06 bits per heavy atom. The molecule has 2 aliphatic rings. The first-order valence-electron chi connectivity index (χ1n) is 11.1. The largest absolute Gasteiger partial charge is 0.496 e. The fraction of sp³-hybridized carbons (Fsp3) is 0.583. The minimum atomic E-state index is -0.425. The van der Waals surface area contributed by atoms with Gasteiger partial charge < -0.3 is 18.9 Å². The van der Waals surface area contributed by atoms with E-state index in [1.807, 2.05) is 29.4 Å². The summed E-state index contributed by atoms with van der Waals surface area (Å²) in [6.07, 6.45) is 4.89. The highest BCUT2D eigenvalue weighted by atomic mass is 16.5. The smallest absolute Gasteiger partial charge is 0.230 e. The average molecular weight is 427 g/mol. The molecule has 2 aromatic rings. The van der Waals surface area contributed by atoms with Crippen molar-refractivity contribution < 1.29 is 14.3 Å². The van der Waals surface area contributed by atoms with E-state index in [0.717, 1.165) is 49.6 Å². The summed E-state index contributed by atoms with van der Waals surface area (Å²) >= 11 is 0. The molecule has 2 aliphatic heterocycles. The normalized spacial score (nSPS) is 24.1. The number of likely N-dealkylation sites (tertiary alicyclic amines) is 2. The van der Waals surface area contributed by atoms with E-state index in [4.69, 9.17) is 14.5 Å². The van der Waals surface area contributed by atoms with Gasteiger partial charge in [-0.15, -0.1) is 0 Å². The minimum absolute atomic E-state index is 0.0854. The second-order valence-corrected chi connectivity index (χ2v) is 9.06. The Balaban J connectivity index is 1.63. The van der Waals surface area contributed by atoms with Crippen molar-refractivity contribution in [3.8, 4) is 5.75 Å². The van der Waals surface area contributed by atoms with Crippen molar-refractivity contribution in [2.24, 2.45) is 5.41 Å². The molecular weight excluding hydrogens is 392 g/mol. The lowest BCUT2D eigenvalue weighted by Gasteiger charge is -2.28. The molecule has 0 aliphatic carbocycles. The molecule has 168 valence electrons. The molecule has 3 heterocycles. The molecule has 0 bridgehead atoms. The van der Waals surface area contributed by atoms with E-state index in [-0.39, 0.29) is 11.8 Å². The minimum Gasteiger partial charge on any atom is -0.496 e. The predicted molar refractivity (Wildman–Crippen MR) is 119 cm³/mol. The lowest BCUT2D eigenvalue weighted by molar-refractivity contribution is -0.136. The molecule has 2 fully saturated rings. The van der Waals surface area contributed by atoms with Crippen LogP contribution < -0.4 is 4.74 Å². The number of carbonyl (C=O) groups excluding carboxylic acids is 1. The van der Waals surface area contributed by atoms with Crippen LogP contribution in [0.2, 0.25) is 0 Å². The molecule has 2 saturated heterocycles. The van der Waals surface area contributed by atoms with Crippen LogP contribution in [0.25, 0.3) is 0 Å². The van der Waals surface area contributed by atoms with Gasteiger partial charge in [0.1, 0.15) is 5.75 Å². The van der Waals surface area contributed by atoms with Gasteiger partial charge in [-0.2, -0.15) is 0 Å². The summed E-state index contributed by atoms with van der Waals surface area (Å²) in [6, 6.07) is 8.48. The quantitative estimate of drug-likeness (QED) is 0.650. The van der Waals surface area contributed by atoms with Crippen molar-refractivity contribution in [3.05, 3.63) is 48.0 Å². The van der Waals surface area contributed by atoms with Crippen LogP contribution in [0, 0.1) is 5.41 Å². The zero-order valence-corrected chi connectivity index (χ0v) is 19.1. The van der Waals surface area contributed by atoms with Gasteiger partial charge in [-0.1, -0.05) is 18.2 Å². The molecule has 0 saturated carbocycles. The first-order chi connectivity index (χ1) is 15.0. The van der Waals surface area contributed by atoms with Crippen LogP contribution in [0.5, 0.6) is 5.75 Å². The number of aromatic nitrogens is 2. The van der Waals surface area contributed by atoms with Crippen LogP contribution in [0.4, 0.5) is 0 Å². The summed E-state index contributed by atoms with van der Waals surface area (Å²) in [5.41, 5.74) is 1.75. The van der Waals surface area contributed by atoms with Crippen molar-refractivity contribution in [1.82, 2.24) is 19.4 Å². The second-order valence-electron chi connectivity index (χ2n) is 9.06. The average Bonchev–Trinajstić information content (AvgIpc) is 3.46. The summed E-state index contributed by atoms with van der Waals surface area (Å²) in [5, 5.41) is 0. The molecule has 1 aromatic carbocycles. The second kappa shape index (κ2) is 9.01. The van der Waals surface area contributed by atoms with E-state index in [2.05, 4.69) is 35.6 Å². The number of hydrogen-bond acceptors (Lipinski definition) is 5. The maximum absolute atomic E-state index is 13.7. The molecule has 4 rings (SSSR count). The summed E-state index contributed by atoms with van der Waals surface area (Å²) in [4.78, 5) is 22.8. The van der Waals surface area contributed by atoms with Gasteiger partial charge in [-0.05, 0) is 26.3 Å². The fourth-order valence-electron chi connectivity index (χ4n) is 5.14. The lowest BCUT2D eigenvalue weighted by Crippen LogP contribution is -2.40. The Hall–Kier alpha value is -2.38. The molecule has 7 nitrogen and oxygen atoms in total. The van der Waals surface area contributed by atoms with E-state index in [9.17, 15) is 4.79 Å². The van der Waals surface area contributed by atoms with Gasteiger partial charge in [-0.25, -0.2) is 4.98 Å². The lowest BCUT2D eigenvalue weighted by atomic mass is 9.75. The summed E-state index contributed by atoms with van der Waals surface area (Å²) in [7, 11) is 3.39. The number of para-hydroxylation sites is 1. The molecule has 2 atom stereocenters. The number of rotatable bonds is 8. The van der Waals surface area contributed by atoms with Gasteiger partial charge >= 0.3 is 0 Å². The van der Waals surface area contributed by atoms with E-state index >= 15 is 0 Å². The number of methoxy groups -OCH3 is 2. The number of benzene rings is 1. The zero-order valence-electron chi connectivity index (χ0n) is 19.1. The van der Waals surface area contributed by atoms with Gasteiger partial charge in [0.25, 0.3) is 0 Å². The molecule has 31 heavy (non-hydrogen) atoms. The van der Waals surface area contributed by atoms with Crippen molar-refractivity contribution in [2.75, 3.05) is 47.0 Å². The van der Waals surface area contributed by atoms with Gasteiger partial charge in [-0.3, -0.25) is 9.69 Å². The first kappa shape index (κ1) is 21.8. The van der Waals surface area contributed by atoms with Gasteiger partial charge in [0.2, 0.25) is 5.91 Å². The molecule has 0 N–H and O–H groups in total. The standard InChI is InChI=1S/C24H34N4O3/c1-18(2)28-15-21(25-17-28)20-14-26(13-19-7-5-6-8-22(19)31-4)16-24(20)9-10-27(23(24)29)11-12-30-3/h5-8,15,17-18,20H,9-14,16H2,1-4H3/t20-,24-/m1/s1. The molecule has 0 unspecified atom stereocenters. The number of amides is 1. The third-order valence-corrected chi connectivity index (χ3v) is 6.88. The van der Waals surface area contributed by atoms with Crippen LogP contribution in [-0.4, -0.2) is 72.3 Å². The van der Waals surface area contributed by atoms with E-state index in [1.165, 1.54) is 0 Å². The van der Waals surface area contributed by atoms with Crippen molar-refractivity contribution in [3.63, 3.8) is 0 Å². The van der Waals surface area contributed by atoms with Gasteiger partial charge in [0.05, 0.1) is 31.2 Å². The Kier molecular flexibility index (Phi) is 6.34. The number of hydrogen-bond donors (Lipinski definition) is 0. The molecular formula is C24H34N4O3. The van der Waals surface area contributed by atoms with Crippen LogP contribution in [0.15, 0.2) is 36.8 Å². The summed E-state index contributed by atoms with van der Waals surface area (Å²) < 4.78 is 12.9. The van der Waals surface area contributed by atoms with Crippen molar-refractivity contribution in [2.45, 2.75) is 38.8 Å². The zero-order chi connectivity index (χ0) is 22.0. The molecule has 7 heteroatoms. The Morgan fingerprint density at radius 3 is 2.77 bits per heavy atom. The Bertz CT molecular complexity index is 912. The van der Waals surface area contributed by atoms with E-state index < -0.39 is 5.41 Å². The third kappa shape index (κ3) is 4.08. The SMILES string of the molecule is COCCN1CC[C@]2(CN(Cc3ccccc3OC)C[C@@H]2c2cn(C(C)C)cn2)C1=O. The van der Waals surface area contributed by atoms with Crippen molar-refractivity contribution in [1.29, 1.82) is 0 Å². The number of ether oxygens (including phenoxy) is 2. The van der Waals surface area contributed by atoms with E-state index in [0.29, 0.717) is 19.2 Å². The summed E-state index contributed by atoms with van der Waals surface area (Å²) in [6.45, 7) is 8.62. The highest BCUT2D eigenvalue weighted by Gasteiger charge is 2.57. The monoisotopic (exact) mass is 426 g/mol. The predicted octanol–water partition coefficient (Wildman–Crippen LogP) is 2.94. The van der Waals surface area contributed by atoms with Crippen LogP contribution >= 0.6 is 0 Å². The Morgan fingerprint density at radius 1 is 1.26 bits per heavy atom. The molecule has 1 aromatic heterocycles. The third-order valence-electron chi connectivity index (χ3n) is 6.88. The maximum atomic E-state index is 13.7. The van der Waals surface area contributed by atoms with Gasteiger partial charge in [0.15, 0.2) is 0 Å². The fourth-order valence-corrected chi connectivity index (χ4v) is 5.14. The Labute approximate surface area is 184 Å². The summed E-state index contributed by atoms with van der Waals surface area (Å²) in [5.74, 6) is 1.22.